The lowest BCUT2D eigenvalue weighted by molar-refractivity contribution is 0.0918. The highest BCUT2D eigenvalue weighted by Gasteiger charge is 2.16. The van der Waals surface area contributed by atoms with E-state index in [1.54, 1.807) is 37.6 Å². The van der Waals surface area contributed by atoms with E-state index in [0.29, 0.717) is 41.8 Å². The lowest BCUT2D eigenvalue weighted by Crippen LogP contribution is -2.17. The Morgan fingerprint density at radius 2 is 1.87 bits per heavy atom. The van der Waals surface area contributed by atoms with Gasteiger partial charge >= 0.3 is 0 Å². The predicted molar refractivity (Wildman–Crippen MR) is 113 cm³/mol. The number of ether oxygens (including phenoxy) is 4. The molecule has 0 saturated heterocycles. The molecule has 1 aliphatic heterocycles. The number of fused-ring (bicyclic) bond motifs is 1. The van der Waals surface area contributed by atoms with Gasteiger partial charge in [-0.15, -0.1) is 0 Å². The van der Waals surface area contributed by atoms with Crippen LogP contribution in [-0.4, -0.2) is 37.7 Å². The molecule has 0 amide bonds. The fraction of sp³-hybridized carbons (Fsp3) is 0.167. The van der Waals surface area contributed by atoms with E-state index in [4.69, 9.17) is 18.9 Å². The fourth-order valence-corrected chi connectivity index (χ4v) is 3.01. The first-order valence-corrected chi connectivity index (χ1v) is 9.56. The summed E-state index contributed by atoms with van der Waals surface area (Å²) >= 11 is 0. The lowest BCUT2D eigenvalue weighted by atomic mass is 10.1. The third-order valence-electron chi connectivity index (χ3n) is 4.54. The second-order valence-electron chi connectivity index (χ2n) is 6.57. The zero-order chi connectivity index (χ0) is 20.8. The van der Waals surface area contributed by atoms with E-state index >= 15 is 0 Å². The minimum atomic E-state index is -0.159. The Labute approximate surface area is 174 Å². The number of benzene rings is 2. The van der Waals surface area contributed by atoms with Gasteiger partial charge in [-0.05, 0) is 54.1 Å². The first-order chi connectivity index (χ1) is 14.7. The Morgan fingerprint density at radius 1 is 1.00 bits per heavy atom. The van der Waals surface area contributed by atoms with Gasteiger partial charge in [-0.2, -0.15) is 0 Å². The molecule has 0 bridgehead atoms. The molecule has 152 valence electrons. The van der Waals surface area contributed by atoms with E-state index in [-0.39, 0.29) is 12.4 Å². The summed E-state index contributed by atoms with van der Waals surface area (Å²) in [6.07, 6.45) is 5.60. The van der Waals surface area contributed by atoms with Crippen LogP contribution in [0.5, 0.6) is 23.0 Å². The molecule has 30 heavy (non-hydrogen) atoms. The standard InChI is InChI=1S/C24H21NO5/c1-27-23-14-17(5-8-19-4-2-3-11-25-19)6-9-21(23)30-16-20(26)18-7-10-22-24(15-18)29-13-12-28-22/h2-11,14-15H,12-13,16H2,1H3. The number of hydrogen-bond acceptors (Lipinski definition) is 6. The maximum Gasteiger partial charge on any atom is 0.200 e. The molecule has 1 aliphatic rings. The third-order valence-corrected chi connectivity index (χ3v) is 4.54. The van der Waals surface area contributed by atoms with E-state index in [1.807, 2.05) is 42.5 Å². The number of methoxy groups -OCH3 is 1. The number of carbonyl (C=O) groups excluding carboxylic acids is 1. The topological polar surface area (TPSA) is 66.9 Å². The smallest absolute Gasteiger partial charge is 0.200 e. The molecule has 1 aromatic heterocycles. The molecular formula is C24H21NO5. The molecule has 0 aliphatic carbocycles. The van der Waals surface area contributed by atoms with Crippen LogP contribution in [-0.2, 0) is 0 Å². The van der Waals surface area contributed by atoms with Gasteiger partial charge in [-0.3, -0.25) is 9.78 Å². The Bertz CT molecular complexity index is 1060. The largest absolute Gasteiger partial charge is 0.493 e. The molecule has 0 fully saturated rings. The second kappa shape index (κ2) is 9.13. The van der Waals surface area contributed by atoms with Gasteiger partial charge in [0.15, 0.2) is 35.4 Å². The molecule has 6 heteroatoms. The van der Waals surface area contributed by atoms with Crippen LogP contribution in [0.15, 0.2) is 60.8 Å². The second-order valence-corrected chi connectivity index (χ2v) is 6.57. The highest BCUT2D eigenvalue weighted by molar-refractivity contribution is 5.97. The van der Waals surface area contributed by atoms with Crippen molar-refractivity contribution in [2.45, 2.75) is 0 Å². The molecule has 4 rings (SSSR count). The van der Waals surface area contributed by atoms with Crippen molar-refractivity contribution >= 4 is 17.9 Å². The summed E-state index contributed by atoms with van der Waals surface area (Å²) in [4.78, 5) is 16.8. The van der Waals surface area contributed by atoms with Crippen molar-refractivity contribution < 1.29 is 23.7 Å². The molecule has 0 atom stereocenters. The van der Waals surface area contributed by atoms with Crippen molar-refractivity contribution in [1.29, 1.82) is 0 Å². The Hall–Kier alpha value is -3.80. The van der Waals surface area contributed by atoms with Crippen LogP contribution >= 0.6 is 0 Å². The molecule has 0 unspecified atom stereocenters. The van der Waals surface area contributed by atoms with Gasteiger partial charge in [-0.25, -0.2) is 0 Å². The summed E-state index contributed by atoms with van der Waals surface area (Å²) in [5, 5.41) is 0. The highest BCUT2D eigenvalue weighted by Crippen LogP contribution is 2.32. The van der Waals surface area contributed by atoms with Gasteiger partial charge in [-0.1, -0.05) is 18.2 Å². The van der Waals surface area contributed by atoms with E-state index in [1.165, 1.54) is 0 Å². The first-order valence-electron chi connectivity index (χ1n) is 9.56. The van der Waals surface area contributed by atoms with Crippen LogP contribution in [0.4, 0.5) is 0 Å². The van der Waals surface area contributed by atoms with E-state index < -0.39 is 0 Å². The van der Waals surface area contributed by atoms with Crippen molar-refractivity contribution in [3.8, 4) is 23.0 Å². The number of carbonyl (C=O) groups is 1. The van der Waals surface area contributed by atoms with Crippen LogP contribution in [0.3, 0.4) is 0 Å². The summed E-state index contributed by atoms with van der Waals surface area (Å²) in [6, 6.07) is 16.4. The van der Waals surface area contributed by atoms with Crippen molar-refractivity contribution in [2.24, 2.45) is 0 Å². The molecule has 0 N–H and O–H groups in total. The van der Waals surface area contributed by atoms with Crippen molar-refractivity contribution in [3.63, 3.8) is 0 Å². The normalized spacial score (nSPS) is 12.6. The van der Waals surface area contributed by atoms with Crippen molar-refractivity contribution in [2.75, 3.05) is 26.9 Å². The molecule has 0 radical (unpaired) electrons. The molecule has 3 aromatic rings. The van der Waals surface area contributed by atoms with Gasteiger partial charge < -0.3 is 18.9 Å². The molecule has 0 saturated carbocycles. The van der Waals surface area contributed by atoms with E-state index in [2.05, 4.69) is 4.98 Å². The monoisotopic (exact) mass is 403 g/mol. The maximum atomic E-state index is 12.5. The minimum Gasteiger partial charge on any atom is -0.493 e. The van der Waals surface area contributed by atoms with Crippen molar-refractivity contribution in [3.05, 3.63) is 77.6 Å². The van der Waals surface area contributed by atoms with Crippen LogP contribution < -0.4 is 18.9 Å². The first kappa shape index (κ1) is 19.5. The average Bonchev–Trinajstić information content (AvgIpc) is 2.81. The summed E-state index contributed by atoms with van der Waals surface area (Å²) in [6.45, 7) is 0.870. The predicted octanol–water partition coefficient (Wildman–Crippen LogP) is 4.29. The number of nitrogens with zero attached hydrogens (tertiary/aromatic N) is 1. The summed E-state index contributed by atoms with van der Waals surface area (Å²) < 4.78 is 22.2. The Morgan fingerprint density at radius 3 is 2.67 bits per heavy atom. The molecular weight excluding hydrogens is 382 g/mol. The number of Topliss-reactive ketones (excluding diaryl/α,β-unsaturated/α-hetero) is 1. The van der Waals surface area contributed by atoms with Gasteiger partial charge in [0.1, 0.15) is 13.2 Å². The molecule has 6 nitrogen and oxygen atoms in total. The Kier molecular flexibility index (Phi) is 5.94. The summed E-state index contributed by atoms with van der Waals surface area (Å²) in [5.74, 6) is 2.11. The Balaban J connectivity index is 1.43. The minimum absolute atomic E-state index is 0.112. The lowest BCUT2D eigenvalue weighted by Gasteiger charge is -2.18. The van der Waals surface area contributed by atoms with Gasteiger partial charge in [0.25, 0.3) is 0 Å². The van der Waals surface area contributed by atoms with Crippen LogP contribution in [0.1, 0.15) is 21.6 Å². The maximum absolute atomic E-state index is 12.5. The van der Waals surface area contributed by atoms with Gasteiger partial charge in [0, 0.05) is 11.8 Å². The molecule has 2 heterocycles. The SMILES string of the molecule is COc1cc(C=Cc2ccccn2)ccc1OCC(=O)c1ccc2c(c1)OCCO2. The number of pyridine rings is 1. The van der Waals surface area contributed by atoms with Crippen LogP contribution in [0, 0.1) is 0 Å². The average molecular weight is 403 g/mol. The zero-order valence-electron chi connectivity index (χ0n) is 16.5. The van der Waals surface area contributed by atoms with Crippen molar-refractivity contribution in [1.82, 2.24) is 4.98 Å². The van der Waals surface area contributed by atoms with E-state index in [9.17, 15) is 4.79 Å². The van der Waals surface area contributed by atoms with Gasteiger partial charge in [0.05, 0.1) is 12.8 Å². The van der Waals surface area contributed by atoms with E-state index in [0.717, 1.165) is 11.3 Å². The van der Waals surface area contributed by atoms with Crippen LogP contribution in [0.2, 0.25) is 0 Å². The number of hydrogen-bond donors (Lipinski definition) is 0. The third kappa shape index (κ3) is 4.60. The zero-order valence-corrected chi connectivity index (χ0v) is 16.5. The molecule has 2 aromatic carbocycles. The fourth-order valence-electron chi connectivity index (χ4n) is 3.01. The number of rotatable bonds is 7. The van der Waals surface area contributed by atoms with Crippen LogP contribution in [0.25, 0.3) is 12.2 Å². The van der Waals surface area contributed by atoms with Gasteiger partial charge in [0.2, 0.25) is 0 Å². The summed E-state index contributed by atoms with van der Waals surface area (Å²) in [7, 11) is 1.57. The number of aromatic nitrogens is 1. The highest BCUT2D eigenvalue weighted by atomic mass is 16.6. The number of ketones is 1. The molecule has 0 spiro atoms. The summed E-state index contributed by atoms with van der Waals surface area (Å²) in [5.41, 5.74) is 2.30. The quantitative estimate of drug-likeness (QED) is 0.548.